The van der Waals surface area contributed by atoms with Gasteiger partial charge in [0.05, 0.1) is 12.1 Å². The van der Waals surface area contributed by atoms with Gasteiger partial charge in [0.2, 0.25) is 0 Å². The Morgan fingerprint density at radius 2 is 1.58 bits per heavy atom. The highest BCUT2D eigenvalue weighted by Crippen LogP contribution is 2.34. The van der Waals surface area contributed by atoms with Crippen molar-refractivity contribution in [1.29, 1.82) is 0 Å². The summed E-state index contributed by atoms with van der Waals surface area (Å²) in [5.41, 5.74) is 5.17. The number of hydrogen-bond donors (Lipinski definition) is 1. The first-order chi connectivity index (χ1) is 11.8. The van der Waals surface area contributed by atoms with Gasteiger partial charge in [-0.3, -0.25) is 0 Å². The smallest absolute Gasteiger partial charge is 0.0747 e. The molecule has 0 amide bonds. The van der Waals surface area contributed by atoms with Crippen LogP contribution >= 0.6 is 0 Å². The van der Waals surface area contributed by atoms with E-state index >= 15 is 0 Å². The summed E-state index contributed by atoms with van der Waals surface area (Å²) in [4.78, 5) is 0. The normalized spacial score (nSPS) is 20.4. The van der Waals surface area contributed by atoms with Gasteiger partial charge in [0, 0.05) is 18.0 Å². The summed E-state index contributed by atoms with van der Waals surface area (Å²) < 4.78 is 2.25. The first kappa shape index (κ1) is 15.2. The lowest BCUT2D eigenvalue weighted by atomic mass is 9.99. The topological polar surface area (TPSA) is 25.2 Å². The van der Waals surface area contributed by atoms with E-state index in [4.69, 9.17) is 0 Å². The molecule has 1 N–H and O–H groups in total. The van der Waals surface area contributed by atoms with E-state index in [1.807, 2.05) is 0 Å². The van der Waals surface area contributed by atoms with E-state index in [0.29, 0.717) is 0 Å². The lowest BCUT2D eigenvalue weighted by Crippen LogP contribution is -2.16. The van der Waals surface area contributed by atoms with Crippen molar-refractivity contribution in [1.82, 2.24) is 4.57 Å². The second-order valence-corrected chi connectivity index (χ2v) is 6.74. The minimum Gasteiger partial charge on any atom is -0.391 e. The molecule has 24 heavy (non-hydrogen) atoms. The molecule has 0 unspecified atom stereocenters. The number of hydrogen-bond acceptors (Lipinski definition) is 1. The van der Waals surface area contributed by atoms with E-state index in [0.717, 1.165) is 25.7 Å². The van der Waals surface area contributed by atoms with E-state index in [2.05, 4.69) is 77.6 Å². The van der Waals surface area contributed by atoms with Crippen molar-refractivity contribution in [2.75, 3.05) is 0 Å². The van der Waals surface area contributed by atoms with Gasteiger partial charge in [-0.05, 0) is 42.4 Å². The maximum Gasteiger partial charge on any atom is 0.0747 e. The zero-order chi connectivity index (χ0) is 16.4. The molecular formula is C22H23NO. The van der Waals surface area contributed by atoms with Crippen molar-refractivity contribution in [3.63, 3.8) is 0 Å². The molecule has 0 radical (unpaired) electrons. The van der Waals surface area contributed by atoms with Crippen LogP contribution in [0.25, 0.3) is 11.1 Å². The Labute approximate surface area is 143 Å². The summed E-state index contributed by atoms with van der Waals surface area (Å²) >= 11 is 0. The molecule has 1 fully saturated rings. The molecule has 0 saturated heterocycles. The molecule has 122 valence electrons. The van der Waals surface area contributed by atoms with Crippen molar-refractivity contribution in [2.45, 2.75) is 37.8 Å². The molecule has 1 saturated carbocycles. The fourth-order valence-electron chi connectivity index (χ4n) is 3.81. The zero-order valence-corrected chi connectivity index (χ0v) is 13.8. The third kappa shape index (κ3) is 3.02. The third-order valence-electron chi connectivity index (χ3n) is 5.08. The van der Waals surface area contributed by atoms with E-state index in [-0.39, 0.29) is 12.1 Å². The molecule has 2 aromatic carbocycles. The van der Waals surface area contributed by atoms with Crippen LogP contribution < -0.4 is 0 Å². The number of nitrogens with zero attached hydrogens (tertiary/aromatic N) is 1. The highest BCUT2D eigenvalue weighted by atomic mass is 16.3. The molecule has 1 aliphatic rings. The fourth-order valence-corrected chi connectivity index (χ4v) is 3.81. The molecule has 3 aromatic rings. The van der Waals surface area contributed by atoms with E-state index in [1.54, 1.807) is 0 Å². The Hall–Kier alpha value is -2.32. The molecule has 2 nitrogen and oxygen atoms in total. The van der Waals surface area contributed by atoms with Crippen molar-refractivity contribution < 1.29 is 5.11 Å². The van der Waals surface area contributed by atoms with Gasteiger partial charge in [0.1, 0.15) is 0 Å². The highest BCUT2D eigenvalue weighted by Gasteiger charge is 2.27. The van der Waals surface area contributed by atoms with Gasteiger partial charge >= 0.3 is 0 Å². The lowest BCUT2D eigenvalue weighted by Gasteiger charge is -2.16. The van der Waals surface area contributed by atoms with Crippen LogP contribution in [0.2, 0.25) is 0 Å². The van der Waals surface area contributed by atoms with E-state index in [1.165, 1.54) is 22.3 Å². The van der Waals surface area contributed by atoms with Gasteiger partial charge in [-0.25, -0.2) is 0 Å². The average molecular weight is 317 g/mol. The third-order valence-corrected chi connectivity index (χ3v) is 5.08. The van der Waals surface area contributed by atoms with Crippen molar-refractivity contribution >= 4 is 0 Å². The van der Waals surface area contributed by atoms with Crippen LogP contribution in [-0.2, 0) is 6.42 Å². The molecule has 1 aliphatic carbocycles. The minimum absolute atomic E-state index is 0.217. The van der Waals surface area contributed by atoms with Crippen LogP contribution in [0.4, 0.5) is 0 Å². The van der Waals surface area contributed by atoms with Crippen LogP contribution in [0.5, 0.6) is 0 Å². The molecule has 0 aliphatic heterocycles. The highest BCUT2D eigenvalue weighted by molar-refractivity contribution is 5.67. The van der Waals surface area contributed by atoms with Gasteiger partial charge in [-0.1, -0.05) is 60.7 Å². The standard InChI is InChI=1S/C22H23NO/c24-22-13-7-12-21(22)23-15-19(14-17-8-3-1-4-9-17)20(16-23)18-10-5-2-6-11-18/h1-6,8-11,15-16,21-22,24H,7,12-14H2/t21-,22+/m1/s1. The maximum absolute atomic E-state index is 10.3. The van der Waals surface area contributed by atoms with Crippen LogP contribution in [-0.4, -0.2) is 15.8 Å². The van der Waals surface area contributed by atoms with Crippen LogP contribution in [0.3, 0.4) is 0 Å². The Morgan fingerprint density at radius 3 is 2.25 bits per heavy atom. The second kappa shape index (κ2) is 6.66. The van der Waals surface area contributed by atoms with Crippen molar-refractivity contribution in [3.05, 3.63) is 84.2 Å². The fraction of sp³-hybridized carbons (Fsp3) is 0.273. The number of aromatic nitrogens is 1. The van der Waals surface area contributed by atoms with Gasteiger partial charge in [0.25, 0.3) is 0 Å². The number of aliphatic hydroxyl groups excluding tert-OH is 1. The molecule has 4 rings (SSSR count). The number of rotatable bonds is 4. The van der Waals surface area contributed by atoms with Gasteiger partial charge in [0.15, 0.2) is 0 Å². The second-order valence-electron chi connectivity index (χ2n) is 6.74. The summed E-state index contributed by atoms with van der Waals surface area (Å²) in [7, 11) is 0. The SMILES string of the molecule is O[C@H]1CCC[C@H]1n1cc(Cc2ccccc2)c(-c2ccccc2)c1. The zero-order valence-electron chi connectivity index (χ0n) is 13.8. The van der Waals surface area contributed by atoms with E-state index in [9.17, 15) is 5.11 Å². The summed E-state index contributed by atoms with van der Waals surface area (Å²) in [5.74, 6) is 0. The first-order valence-corrected chi connectivity index (χ1v) is 8.79. The van der Waals surface area contributed by atoms with Crippen molar-refractivity contribution in [2.24, 2.45) is 0 Å². The van der Waals surface area contributed by atoms with Crippen LogP contribution in [0, 0.1) is 0 Å². The molecular weight excluding hydrogens is 294 g/mol. The van der Waals surface area contributed by atoms with Gasteiger partial charge < -0.3 is 9.67 Å². The minimum atomic E-state index is -0.217. The molecule has 2 atom stereocenters. The summed E-state index contributed by atoms with van der Waals surface area (Å²) in [6.45, 7) is 0. The maximum atomic E-state index is 10.3. The Morgan fingerprint density at radius 1 is 0.875 bits per heavy atom. The molecule has 1 heterocycles. The Bertz CT molecular complexity index is 791. The predicted molar refractivity (Wildman–Crippen MR) is 98.0 cm³/mol. The molecule has 0 spiro atoms. The molecule has 2 heteroatoms. The average Bonchev–Trinajstić information content (AvgIpc) is 3.23. The predicted octanol–water partition coefficient (Wildman–Crippen LogP) is 4.83. The van der Waals surface area contributed by atoms with Crippen molar-refractivity contribution in [3.8, 4) is 11.1 Å². The lowest BCUT2D eigenvalue weighted by molar-refractivity contribution is 0.136. The van der Waals surface area contributed by atoms with Crippen LogP contribution in [0.1, 0.15) is 36.4 Å². The van der Waals surface area contributed by atoms with E-state index < -0.39 is 0 Å². The van der Waals surface area contributed by atoms with Crippen LogP contribution in [0.15, 0.2) is 73.1 Å². The van der Waals surface area contributed by atoms with Gasteiger partial charge in [-0.15, -0.1) is 0 Å². The molecule has 0 bridgehead atoms. The van der Waals surface area contributed by atoms with Gasteiger partial charge in [-0.2, -0.15) is 0 Å². The Balaban J connectivity index is 1.74. The summed E-state index contributed by atoms with van der Waals surface area (Å²) in [6.07, 6.45) is 8.26. The monoisotopic (exact) mass is 317 g/mol. The Kier molecular flexibility index (Phi) is 4.22. The summed E-state index contributed by atoms with van der Waals surface area (Å²) in [6, 6.07) is 21.4. The summed E-state index contributed by atoms with van der Waals surface area (Å²) in [5, 5.41) is 10.3. The first-order valence-electron chi connectivity index (χ1n) is 8.79. The quantitative estimate of drug-likeness (QED) is 0.732. The largest absolute Gasteiger partial charge is 0.391 e. The number of aliphatic hydroxyl groups is 1. The number of benzene rings is 2. The molecule has 1 aromatic heterocycles.